The van der Waals surface area contributed by atoms with Crippen molar-refractivity contribution in [1.29, 1.82) is 0 Å². The predicted molar refractivity (Wildman–Crippen MR) is 61.0 cm³/mol. The number of aromatic nitrogens is 2. The van der Waals surface area contributed by atoms with Crippen molar-refractivity contribution in [2.24, 2.45) is 0 Å². The number of aryl methyl sites for hydroxylation is 2. The van der Waals surface area contributed by atoms with Gasteiger partial charge in [0.1, 0.15) is 5.82 Å². The maximum Gasteiger partial charge on any atom is 0.125 e. The van der Waals surface area contributed by atoms with Gasteiger partial charge in [0.05, 0.1) is 5.69 Å². The SMILES string of the molecule is CNC1CCc2nc(C)nc(C(C)C)c21. The summed E-state index contributed by atoms with van der Waals surface area (Å²) in [5, 5.41) is 3.35. The van der Waals surface area contributed by atoms with Gasteiger partial charge in [0.2, 0.25) is 0 Å². The first-order chi connectivity index (χ1) is 7.13. The second-order valence-corrected chi connectivity index (χ2v) is 4.55. The van der Waals surface area contributed by atoms with Gasteiger partial charge >= 0.3 is 0 Å². The Morgan fingerprint density at radius 2 is 2.07 bits per heavy atom. The van der Waals surface area contributed by atoms with Crippen molar-refractivity contribution in [1.82, 2.24) is 15.3 Å². The van der Waals surface area contributed by atoms with Crippen molar-refractivity contribution in [2.45, 2.75) is 45.6 Å². The fraction of sp³-hybridized carbons (Fsp3) is 0.667. The fourth-order valence-electron chi connectivity index (χ4n) is 2.39. The molecule has 1 heterocycles. The van der Waals surface area contributed by atoms with Crippen LogP contribution in [-0.2, 0) is 6.42 Å². The second kappa shape index (κ2) is 3.89. The van der Waals surface area contributed by atoms with Crippen LogP contribution in [0.3, 0.4) is 0 Å². The van der Waals surface area contributed by atoms with Crippen molar-refractivity contribution in [3.8, 4) is 0 Å². The summed E-state index contributed by atoms with van der Waals surface area (Å²) >= 11 is 0. The standard InChI is InChI=1S/C12H19N3/c1-7(2)12-11-9(13-4)5-6-10(11)14-8(3)15-12/h7,9,13H,5-6H2,1-4H3. The van der Waals surface area contributed by atoms with Gasteiger partial charge in [-0.2, -0.15) is 0 Å². The molecule has 1 aliphatic rings. The van der Waals surface area contributed by atoms with Crippen molar-refractivity contribution >= 4 is 0 Å². The number of nitrogens with zero attached hydrogens (tertiary/aromatic N) is 2. The third kappa shape index (κ3) is 1.76. The number of hydrogen-bond acceptors (Lipinski definition) is 3. The minimum Gasteiger partial charge on any atom is -0.313 e. The van der Waals surface area contributed by atoms with E-state index in [9.17, 15) is 0 Å². The number of fused-ring (bicyclic) bond motifs is 1. The Labute approximate surface area is 91.3 Å². The first kappa shape index (κ1) is 10.6. The van der Waals surface area contributed by atoms with Crippen LogP contribution in [0.25, 0.3) is 0 Å². The molecule has 0 saturated heterocycles. The molecule has 0 fully saturated rings. The number of rotatable bonds is 2. The average molecular weight is 205 g/mol. The zero-order chi connectivity index (χ0) is 11.0. The summed E-state index contributed by atoms with van der Waals surface area (Å²) in [6.45, 7) is 6.39. The van der Waals surface area contributed by atoms with Gasteiger partial charge in [-0.1, -0.05) is 13.8 Å². The maximum absolute atomic E-state index is 4.59. The Morgan fingerprint density at radius 3 is 2.67 bits per heavy atom. The van der Waals surface area contributed by atoms with E-state index in [1.807, 2.05) is 14.0 Å². The molecule has 0 aromatic carbocycles. The molecule has 1 N–H and O–H groups in total. The molecule has 0 bridgehead atoms. The molecule has 0 amide bonds. The maximum atomic E-state index is 4.59. The van der Waals surface area contributed by atoms with E-state index in [1.54, 1.807) is 0 Å². The molecule has 1 aromatic heterocycles. The predicted octanol–water partition coefficient (Wildman–Crippen LogP) is 2.12. The van der Waals surface area contributed by atoms with E-state index < -0.39 is 0 Å². The molecule has 1 aromatic rings. The van der Waals surface area contributed by atoms with Gasteiger partial charge in [-0.3, -0.25) is 0 Å². The molecule has 1 unspecified atom stereocenters. The molecular formula is C12H19N3. The Morgan fingerprint density at radius 1 is 1.33 bits per heavy atom. The lowest BCUT2D eigenvalue weighted by Crippen LogP contribution is -2.16. The summed E-state index contributed by atoms with van der Waals surface area (Å²) in [7, 11) is 2.02. The zero-order valence-electron chi connectivity index (χ0n) is 9.96. The molecule has 15 heavy (non-hydrogen) atoms. The van der Waals surface area contributed by atoms with Crippen LogP contribution in [-0.4, -0.2) is 17.0 Å². The minimum absolute atomic E-state index is 0.456. The molecule has 0 radical (unpaired) electrons. The topological polar surface area (TPSA) is 37.8 Å². The Bertz CT molecular complexity index is 371. The first-order valence-corrected chi connectivity index (χ1v) is 5.68. The molecule has 82 valence electrons. The highest BCUT2D eigenvalue weighted by atomic mass is 14.9. The van der Waals surface area contributed by atoms with Gasteiger partial charge in [0, 0.05) is 17.3 Å². The lowest BCUT2D eigenvalue weighted by atomic mass is 10.0. The van der Waals surface area contributed by atoms with E-state index in [4.69, 9.17) is 0 Å². The summed E-state index contributed by atoms with van der Waals surface area (Å²) in [6.07, 6.45) is 2.24. The molecule has 1 atom stereocenters. The van der Waals surface area contributed by atoms with E-state index >= 15 is 0 Å². The lowest BCUT2D eigenvalue weighted by molar-refractivity contribution is 0.579. The van der Waals surface area contributed by atoms with Crippen LogP contribution in [0.15, 0.2) is 0 Å². The summed E-state index contributed by atoms with van der Waals surface area (Å²) in [4.78, 5) is 9.14. The molecule has 2 rings (SSSR count). The average Bonchev–Trinajstić information content (AvgIpc) is 2.58. The quantitative estimate of drug-likeness (QED) is 0.803. The molecule has 0 spiro atoms. The minimum atomic E-state index is 0.456. The van der Waals surface area contributed by atoms with Crippen LogP contribution in [0.2, 0.25) is 0 Å². The molecule has 1 aliphatic carbocycles. The highest BCUT2D eigenvalue weighted by Gasteiger charge is 2.27. The van der Waals surface area contributed by atoms with Crippen LogP contribution in [0, 0.1) is 6.92 Å². The molecular weight excluding hydrogens is 186 g/mol. The molecule has 0 saturated carbocycles. The Hall–Kier alpha value is -0.960. The first-order valence-electron chi connectivity index (χ1n) is 5.68. The van der Waals surface area contributed by atoms with Crippen molar-refractivity contribution in [3.05, 3.63) is 22.8 Å². The van der Waals surface area contributed by atoms with Gasteiger partial charge in [-0.15, -0.1) is 0 Å². The lowest BCUT2D eigenvalue weighted by Gasteiger charge is -2.16. The number of nitrogens with one attached hydrogen (secondary N) is 1. The number of hydrogen-bond donors (Lipinski definition) is 1. The van der Waals surface area contributed by atoms with E-state index in [0.717, 1.165) is 18.7 Å². The van der Waals surface area contributed by atoms with E-state index in [1.165, 1.54) is 17.0 Å². The van der Waals surface area contributed by atoms with Crippen LogP contribution < -0.4 is 5.32 Å². The van der Waals surface area contributed by atoms with E-state index in [2.05, 4.69) is 29.1 Å². The highest BCUT2D eigenvalue weighted by Crippen LogP contribution is 2.34. The van der Waals surface area contributed by atoms with Crippen LogP contribution in [0.1, 0.15) is 55.0 Å². The van der Waals surface area contributed by atoms with E-state index in [0.29, 0.717) is 12.0 Å². The largest absolute Gasteiger partial charge is 0.313 e. The normalized spacial score (nSPS) is 19.7. The summed E-state index contributed by atoms with van der Waals surface area (Å²) in [6, 6.07) is 0.456. The van der Waals surface area contributed by atoms with E-state index in [-0.39, 0.29) is 0 Å². The van der Waals surface area contributed by atoms with Crippen molar-refractivity contribution < 1.29 is 0 Å². The second-order valence-electron chi connectivity index (χ2n) is 4.55. The fourth-order valence-corrected chi connectivity index (χ4v) is 2.39. The summed E-state index contributed by atoms with van der Waals surface area (Å²) in [5.41, 5.74) is 3.85. The molecule has 3 heteroatoms. The van der Waals surface area contributed by atoms with Gasteiger partial charge in [0.25, 0.3) is 0 Å². The third-order valence-electron chi connectivity index (χ3n) is 3.08. The van der Waals surface area contributed by atoms with Crippen molar-refractivity contribution in [2.75, 3.05) is 7.05 Å². The molecule has 3 nitrogen and oxygen atoms in total. The van der Waals surface area contributed by atoms with Crippen molar-refractivity contribution in [3.63, 3.8) is 0 Å². The smallest absolute Gasteiger partial charge is 0.125 e. The summed E-state index contributed by atoms with van der Waals surface area (Å²) in [5.74, 6) is 1.39. The van der Waals surface area contributed by atoms with Gasteiger partial charge in [-0.25, -0.2) is 9.97 Å². The third-order valence-corrected chi connectivity index (χ3v) is 3.08. The van der Waals surface area contributed by atoms with Crippen LogP contribution >= 0.6 is 0 Å². The van der Waals surface area contributed by atoms with Crippen LogP contribution in [0.5, 0.6) is 0 Å². The Balaban J connectivity index is 2.55. The monoisotopic (exact) mass is 205 g/mol. The molecule has 0 aliphatic heterocycles. The van der Waals surface area contributed by atoms with Gasteiger partial charge in [-0.05, 0) is 32.7 Å². The van der Waals surface area contributed by atoms with Crippen LogP contribution in [0.4, 0.5) is 0 Å². The highest BCUT2D eigenvalue weighted by molar-refractivity contribution is 5.35. The van der Waals surface area contributed by atoms with Gasteiger partial charge in [0.15, 0.2) is 0 Å². The Kier molecular flexibility index (Phi) is 2.74. The summed E-state index contributed by atoms with van der Waals surface area (Å²) < 4.78 is 0. The van der Waals surface area contributed by atoms with Gasteiger partial charge < -0.3 is 5.32 Å². The zero-order valence-corrected chi connectivity index (χ0v) is 9.96.